The first kappa shape index (κ1) is 10.3. The van der Waals surface area contributed by atoms with Crippen LogP contribution in [-0.2, 0) is 4.74 Å². The van der Waals surface area contributed by atoms with Gasteiger partial charge in [-0.25, -0.2) is 4.99 Å². The van der Waals surface area contributed by atoms with Crippen molar-refractivity contribution in [2.45, 2.75) is 13.8 Å². The number of hydrogen-bond donors (Lipinski definition) is 1. The number of amidine groups is 1. The van der Waals surface area contributed by atoms with Gasteiger partial charge in [0.15, 0.2) is 0 Å². The van der Waals surface area contributed by atoms with Crippen LogP contribution >= 0.6 is 0 Å². The standard InChI is InChI=1S/C9H17N3O/c1-8(2)11-9(10)7-12-3-5-13-6-4-12/h10H,3-7H2,1-2H3. The lowest BCUT2D eigenvalue weighted by Gasteiger charge is -2.25. The van der Waals surface area contributed by atoms with E-state index in [9.17, 15) is 0 Å². The van der Waals surface area contributed by atoms with Gasteiger partial charge < -0.3 is 4.74 Å². The van der Waals surface area contributed by atoms with E-state index in [0.29, 0.717) is 12.4 Å². The second-order valence-electron chi connectivity index (χ2n) is 3.39. The smallest absolute Gasteiger partial charge is 0.134 e. The number of nitrogens with one attached hydrogen (secondary N) is 1. The monoisotopic (exact) mass is 183 g/mol. The van der Waals surface area contributed by atoms with E-state index < -0.39 is 0 Å². The zero-order valence-electron chi connectivity index (χ0n) is 8.34. The molecular weight excluding hydrogens is 166 g/mol. The maximum absolute atomic E-state index is 7.59. The van der Waals surface area contributed by atoms with Crippen LogP contribution in [0.4, 0.5) is 0 Å². The first-order chi connectivity index (χ1) is 6.18. The highest BCUT2D eigenvalue weighted by atomic mass is 16.5. The Morgan fingerprint density at radius 2 is 2.00 bits per heavy atom. The Balaban J connectivity index is 2.30. The molecule has 0 aromatic rings. The quantitative estimate of drug-likeness (QED) is 0.508. The first-order valence-electron chi connectivity index (χ1n) is 4.58. The van der Waals surface area contributed by atoms with Gasteiger partial charge in [0.05, 0.1) is 19.8 Å². The van der Waals surface area contributed by atoms with Gasteiger partial charge in [0, 0.05) is 18.8 Å². The summed E-state index contributed by atoms with van der Waals surface area (Å²) in [5, 5.41) is 7.59. The summed E-state index contributed by atoms with van der Waals surface area (Å²) in [6, 6.07) is 0. The number of nitrogens with zero attached hydrogens (tertiary/aromatic N) is 2. The van der Waals surface area contributed by atoms with E-state index in [0.717, 1.165) is 32.0 Å². The highest BCUT2D eigenvalue weighted by molar-refractivity contribution is 5.95. The van der Waals surface area contributed by atoms with Crippen molar-refractivity contribution >= 4 is 11.5 Å². The third-order valence-corrected chi connectivity index (χ3v) is 1.84. The molecule has 0 aromatic carbocycles. The normalized spacial score (nSPS) is 18.3. The van der Waals surface area contributed by atoms with Crippen molar-refractivity contribution < 1.29 is 4.74 Å². The predicted octanol–water partition coefficient (Wildman–Crippen LogP) is 0.777. The van der Waals surface area contributed by atoms with Crippen molar-refractivity contribution in [2.75, 3.05) is 32.8 Å². The van der Waals surface area contributed by atoms with E-state index in [1.54, 1.807) is 0 Å². The van der Waals surface area contributed by atoms with Gasteiger partial charge in [-0.3, -0.25) is 10.3 Å². The Morgan fingerprint density at radius 3 is 2.54 bits per heavy atom. The lowest BCUT2D eigenvalue weighted by atomic mass is 10.4. The zero-order valence-corrected chi connectivity index (χ0v) is 8.34. The Morgan fingerprint density at radius 1 is 1.38 bits per heavy atom. The number of rotatable bonds is 2. The summed E-state index contributed by atoms with van der Waals surface area (Å²) >= 11 is 0. The van der Waals surface area contributed by atoms with Crippen LogP contribution in [0.5, 0.6) is 0 Å². The van der Waals surface area contributed by atoms with Gasteiger partial charge in [0.2, 0.25) is 0 Å². The minimum atomic E-state index is 0.446. The molecule has 4 nitrogen and oxygen atoms in total. The van der Waals surface area contributed by atoms with E-state index in [1.165, 1.54) is 0 Å². The summed E-state index contributed by atoms with van der Waals surface area (Å²) in [7, 11) is 0. The van der Waals surface area contributed by atoms with Gasteiger partial charge in [-0.2, -0.15) is 0 Å². The second-order valence-corrected chi connectivity index (χ2v) is 3.39. The largest absolute Gasteiger partial charge is 0.379 e. The van der Waals surface area contributed by atoms with Crippen molar-refractivity contribution in [1.29, 1.82) is 5.41 Å². The van der Waals surface area contributed by atoms with E-state index in [4.69, 9.17) is 10.1 Å². The number of morpholine rings is 1. The third-order valence-electron chi connectivity index (χ3n) is 1.84. The van der Waals surface area contributed by atoms with E-state index in [2.05, 4.69) is 9.89 Å². The Kier molecular flexibility index (Phi) is 4.05. The molecular formula is C9H17N3O. The van der Waals surface area contributed by atoms with Gasteiger partial charge in [-0.15, -0.1) is 0 Å². The fourth-order valence-electron chi connectivity index (χ4n) is 1.28. The second kappa shape index (κ2) is 5.09. The van der Waals surface area contributed by atoms with Crippen LogP contribution in [0.25, 0.3) is 0 Å². The first-order valence-corrected chi connectivity index (χ1v) is 4.58. The average Bonchev–Trinajstić information content (AvgIpc) is 2.04. The average molecular weight is 183 g/mol. The molecule has 0 bridgehead atoms. The predicted molar refractivity (Wildman–Crippen MR) is 53.8 cm³/mol. The number of aliphatic imine (C=N–C) groups is 1. The van der Waals surface area contributed by atoms with Crippen molar-refractivity contribution in [2.24, 2.45) is 4.99 Å². The summed E-state index contributed by atoms with van der Waals surface area (Å²) in [5.74, 6) is 0.446. The van der Waals surface area contributed by atoms with Gasteiger partial charge in [-0.05, 0) is 13.8 Å². The fourth-order valence-corrected chi connectivity index (χ4v) is 1.28. The molecule has 1 fully saturated rings. The molecule has 0 unspecified atom stereocenters. The zero-order chi connectivity index (χ0) is 9.68. The number of hydrogen-bond acceptors (Lipinski definition) is 3. The van der Waals surface area contributed by atoms with Crippen molar-refractivity contribution in [3.05, 3.63) is 0 Å². The van der Waals surface area contributed by atoms with E-state index in [1.807, 2.05) is 13.8 Å². The maximum Gasteiger partial charge on any atom is 0.134 e. The molecule has 1 saturated heterocycles. The molecule has 1 aliphatic rings. The molecule has 1 heterocycles. The SMILES string of the molecule is CC(C)=NC(=N)CN1CCOCC1. The maximum atomic E-state index is 7.59. The van der Waals surface area contributed by atoms with Crippen molar-refractivity contribution in [3.63, 3.8) is 0 Å². The van der Waals surface area contributed by atoms with Crippen LogP contribution in [-0.4, -0.2) is 49.3 Å². The van der Waals surface area contributed by atoms with Crippen LogP contribution in [0, 0.1) is 5.41 Å². The molecule has 0 amide bonds. The lowest BCUT2D eigenvalue weighted by molar-refractivity contribution is 0.0451. The molecule has 0 saturated carbocycles. The highest BCUT2D eigenvalue weighted by Gasteiger charge is 2.11. The third kappa shape index (κ3) is 4.15. The van der Waals surface area contributed by atoms with Crippen LogP contribution in [0.2, 0.25) is 0 Å². The summed E-state index contributed by atoms with van der Waals surface area (Å²) in [4.78, 5) is 6.28. The van der Waals surface area contributed by atoms with Gasteiger partial charge >= 0.3 is 0 Å². The minimum Gasteiger partial charge on any atom is -0.379 e. The topological polar surface area (TPSA) is 48.7 Å². The van der Waals surface area contributed by atoms with Crippen LogP contribution in [0.1, 0.15) is 13.8 Å². The number of ether oxygens (including phenoxy) is 1. The van der Waals surface area contributed by atoms with Crippen LogP contribution < -0.4 is 0 Å². The Bertz CT molecular complexity index is 203. The molecule has 13 heavy (non-hydrogen) atoms. The van der Waals surface area contributed by atoms with Crippen LogP contribution in [0.15, 0.2) is 4.99 Å². The van der Waals surface area contributed by atoms with Gasteiger partial charge in [0.1, 0.15) is 5.84 Å². The summed E-state index contributed by atoms with van der Waals surface area (Å²) in [6.45, 7) is 7.86. The Hall–Kier alpha value is -0.740. The van der Waals surface area contributed by atoms with Gasteiger partial charge in [0.25, 0.3) is 0 Å². The molecule has 1 aliphatic heterocycles. The molecule has 0 aliphatic carbocycles. The van der Waals surface area contributed by atoms with Crippen LogP contribution in [0.3, 0.4) is 0 Å². The molecule has 0 spiro atoms. The van der Waals surface area contributed by atoms with Gasteiger partial charge in [-0.1, -0.05) is 0 Å². The van der Waals surface area contributed by atoms with E-state index in [-0.39, 0.29) is 0 Å². The molecule has 1 N–H and O–H groups in total. The molecule has 0 atom stereocenters. The van der Waals surface area contributed by atoms with E-state index >= 15 is 0 Å². The van der Waals surface area contributed by atoms with Crippen molar-refractivity contribution in [1.82, 2.24) is 4.90 Å². The molecule has 4 heteroatoms. The molecule has 1 rings (SSSR count). The molecule has 0 aromatic heterocycles. The molecule has 0 radical (unpaired) electrons. The summed E-state index contributed by atoms with van der Waals surface area (Å²) in [6.07, 6.45) is 0. The summed E-state index contributed by atoms with van der Waals surface area (Å²) in [5.41, 5.74) is 0.943. The Labute approximate surface area is 79.1 Å². The lowest BCUT2D eigenvalue weighted by Crippen LogP contribution is -2.39. The minimum absolute atomic E-state index is 0.446. The molecule has 74 valence electrons. The van der Waals surface area contributed by atoms with Crippen molar-refractivity contribution in [3.8, 4) is 0 Å². The highest BCUT2D eigenvalue weighted by Crippen LogP contribution is 1.96. The summed E-state index contributed by atoms with van der Waals surface area (Å²) < 4.78 is 5.21. The fraction of sp³-hybridized carbons (Fsp3) is 0.778.